The summed E-state index contributed by atoms with van der Waals surface area (Å²) in [5.74, 6) is -2.48. The molecule has 0 aromatic carbocycles. The molecule has 14 heavy (non-hydrogen) atoms. The van der Waals surface area contributed by atoms with Crippen molar-refractivity contribution >= 4 is 11.9 Å². The predicted molar refractivity (Wildman–Crippen MR) is 48.3 cm³/mol. The van der Waals surface area contributed by atoms with E-state index in [-0.39, 0.29) is 6.10 Å². The molecular formula is C9H14O5. The Labute approximate surface area is 82.2 Å². The Hall–Kier alpha value is -1.36. The van der Waals surface area contributed by atoms with E-state index in [2.05, 4.69) is 11.5 Å². The number of carboxylic acid groups (broad SMARTS) is 1. The summed E-state index contributed by atoms with van der Waals surface area (Å²) < 4.78 is 0. The third-order valence-corrected chi connectivity index (χ3v) is 1.68. The molecule has 5 nitrogen and oxygen atoms in total. The first-order valence-corrected chi connectivity index (χ1v) is 4.32. The van der Waals surface area contributed by atoms with Crippen LogP contribution in [0.15, 0.2) is 12.2 Å². The summed E-state index contributed by atoms with van der Waals surface area (Å²) in [7, 11) is 0. The monoisotopic (exact) mass is 202 g/mol. The van der Waals surface area contributed by atoms with E-state index in [1.165, 1.54) is 0 Å². The molecule has 0 spiro atoms. The van der Waals surface area contributed by atoms with Crippen molar-refractivity contribution in [1.82, 2.24) is 0 Å². The van der Waals surface area contributed by atoms with Gasteiger partial charge in [-0.25, -0.2) is 9.59 Å². The van der Waals surface area contributed by atoms with Crippen LogP contribution in [0.3, 0.4) is 0 Å². The summed E-state index contributed by atoms with van der Waals surface area (Å²) in [6.07, 6.45) is 1.16. The molecule has 0 aliphatic heterocycles. The van der Waals surface area contributed by atoms with Gasteiger partial charge in [-0.3, -0.25) is 4.89 Å². The summed E-state index contributed by atoms with van der Waals surface area (Å²) >= 11 is 0. The van der Waals surface area contributed by atoms with Crippen molar-refractivity contribution in [3.05, 3.63) is 12.2 Å². The van der Waals surface area contributed by atoms with Crippen molar-refractivity contribution in [2.45, 2.75) is 32.8 Å². The maximum absolute atomic E-state index is 10.9. The molecule has 0 aromatic heterocycles. The number of carbonyl (C=O) groups is 2. The van der Waals surface area contributed by atoms with Crippen molar-refractivity contribution in [1.29, 1.82) is 0 Å². The fraction of sp³-hybridized carbons (Fsp3) is 0.556. The number of rotatable bonds is 6. The average molecular weight is 202 g/mol. The molecule has 0 aliphatic carbocycles. The van der Waals surface area contributed by atoms with E-state index in [9.17, 15) is 9.59 Å². The molecule has 0 amide bonds. The second-order valence-corrected chi connectivity index (χ2v) is 2.69. The van der Waals surface area contributed by atoms with Gasteiger partial charge >= 0.3 is 11.9 Å². The molecule has 0 radical (unpaired) electrons. The minimum absolute atomic E-state index is 0.208. The highest BCUT2D eigenvalue weighted by atomic mass is 17.2. The van der Waals surface area contributed by atoms with Crippen LogP contribution < -0.4 is 0 Å². The number of aliphatic carboxylic acids is 1. The Kier molecular flexibility index (Phi) is 5.55. The van der Waals surface area contributed by atoms with Crippen LogP contribution in [0.4, 0.5) is 0 Å². The van der Waals surface area contributed by atoms with Crippen molar-refractivity contribution < 1.29 is 24.5 Å². The molecule has 0 saturated heterocycles. The van der Waals surface area contributed by atoms with Crippen LogP contribution >= 0.6 is 0 Å². The predicted octanol–water partition coefficient (Wildman–Crippen LogP) is 1.29. The standard InChI is InChI=1S/C9H14O5/c1-4-7(5-2)13-14-9(12)6(3)8(10)11/h7H,3-5H2,1-2H3,(H,10,11). The summed E-state index contributed by atoms with van der Waals surface area (Å²) in [6, 6.07) is 0. The Bertz CT molecular complexity index is 229. The van der Waals surface area contributed by atoms with Gasteiger partial charge in [-0.1, -0.05) is 20.4 Å². The second-order valence-electron chi connectivity index (χ2n) is 2.69. The largest absolute Gasteiger partial charge is 0.477 e. The van der Waals surface area contributed by atoms with Crippen molar-refractivity contribution in [2.24, 2.45) is 0 Å². The quantitative estimate of drug-likeness (QED) is 0.231. The van der Waals surface area contributed by atoms with Gasteiger partial charge in [-0.05, 0) is 12.8 Å². The molecule has 5 heteroatoms. The molecule has 0 saturated carbocycles. The van der Waals surface area contributed by atoms with Gasteiger partial charge in [0.15, 0.2) is 0 Å². The molecule has 0 rings (SSSR count). The van der Waals surface area contributed by atoms with Crippen LogP contribution in [0.1, 0.15) is 26.7 Å². The Balaban J connectivity index is 3.96. The Morgan fingerprint density at radius 1 is 1.36 bits per heavy atom. The third-order valence-electron chi connectivity index (χ3n) is 1.68. The highest BCUT2D eigenvalue weighted by Crippen LogP contribution is 2.05. The zero-order valence-corrected chi connectivity index (χ0v) is 8.28. The summed E-state index contributed by atoms with van der Waals surface area (Å²) in [5.41, 5.74) is -0.643. The van der Waals surface area contributed by atoms with Gasteiger partial charge in [0.25, 0.3) is 0 Å². The van der Waals surface area contributed by atoms with Gasteiger partial charge in [-0.2, -0.15) is 4.89 Å². The minimum Gasteiger partial charge on any atom is -0.477 e. The van der Waals surface area contributed by atoms with Gasteiger partial charge in [0.1, 0.15) is 11.7 Å². The smallest absolute Gasteiger partial charge is 0.379 e. The lowest BCUT2D eigenvalue weighted by Gasteiger charge is -2.11. The van der Waals surface area contributed by atoms with Gasteiger partial charge in [0.2, 0.25) is 0 Å². The van der Waals surface area contributed by atoms with E-state index in [1.54, 1.807) is 0 Å². The molecule has 0 aromatic rings. The van der Waals surface area contributed by atoms with Gasteiger partial charge in [0.05, 0.1) is 0 Å². The minimum atomic E-state index is -1.41. The highest BCUT2D eigenvalue weighted by molar-refractivity contribution is 6.12. The first-order chi connectivity index (χ1) is 6.52. The normalized spacial score (nSPS) is 9.93. The third kappa shape index (κ3) is 4.04. The number of hydrogen-bond donors (Lipinski definition) is 1. The van der Waals surface area contributed by atoms with E-state index >= 15 is 0 Å². The van der Waals surface area contributed by atoms with Crippen LogP contribution in [0, 0.1) is 0 Å². The molecular weight excluding hydrogens is 188 g/mol. The lowest BCUT2D eigenvalue weighted by Crippen LogP contribution is -2.19. The zero-order valence-electron chi connectivity index (χ0n) is 8.28. The maximum atomic E-state index is 10.9. The molecule has 0 fully saturated rings. The van der Waals surface area contributed by atoms with Gasteiger partial charge in [-0.15, -0.1) is 0 Å². The SMILES string of the molecule is C=C(C(=O)O)C(=O)OOC(CC)CC. The summed E-state index contributed by atoms with van der Waals surface area (Å²) in [4.78, 5) is 30.2. The van der Waals surface area contributed by atoms with Crippen LogP contribution in [0.5, 0.6) is 0 Å². The zero-order chi connectivity index (χ0) is 11.1. The van der Waals surface area contributed by atoms with Crippen molar-refractivity contribution in [3.8, 4) is 0 Å². The van der Waals surface area contributed by atoms with E-state index in [0.29, 0.717) is 12.8 Å². The van der Waals surface area contributed by atoms with Gasteiger partial charge in [0, 0.05) is 0 Å². The lowest BCUT2D eigenvalue weighted by molar-refractivity contribution is -0.295. The van der Waals surface area contributed by atoms with Crippen molar-refractivity contribution in [3.63, 3.8) is 0 Å². The van der Waals surface area contributed by atoms with Crippen LogP contribution in [-0.2, 0) is 19.4 Å². The maximum Gasteiger partial charge on any atom is 0.379 e. The molecule has 0 bridgehead atoms. The van der Waals surface area contributed by atoms with Crippen molar-refractivity contribution in [2.75, 3.05) is 0 Å². The number of carbonyl (C=O) groups excluding carboxylic acids is 1. The average Bonchev–Trinajstić information content (AvgIpc) is 2.17. The molecule has 0 unspecified atom stereocenters. The molecule has 1 N–H and O–H groups in total. The van der Waals surface area contributed by atoms with E-state index < -0.39 is 17.5 Å². The Morgan fingerprint density at radius 3 is 2.21 bits per heavy atom. The first kappa shape index (κ1) is 12.6. The number of carboxylic acids is 1. The molecule has 0 atom stereocenters. The first-order valence-electron chi connectivity index (χ1n) is 4.32. The van der Waals surface area contributed by atoms with Crippen LogP contribution in [0.2, 0.25) is 0 Å². The summed E-state index contributed by atoms with van der Waals surface area (Å²) in [6.45, 7) is 6.77. The summed E-state index contributed by atoms with van der Waals surface area (Å²) in [5, 5.41) is 8.38. The highest BCUT2D eigenvalue weighted by Gasteiger charge is 2.18. The van der Waals surface area contributed by atoms with E-state index in [4.69, 9.17) is 9.99 Å². The van der Waals surface area contributed by atoms with E-state index in [1.807, 2.05) is 13.8 Å². The lowest BCUT2D eigenvalue weighted by atomic mass is 10.2. The number of hydrogen-bond acceptors (Lipinski definition) is 4. The van der Waals surface area contributed by atoms with Gasteiger partial charge < -0.3 is 5.11 Å². The second kappa shape index (κ2) is 6.15. The molecule has 0 heterocycles. The van der Waals surface area contributed by atoms with Crippen LogP contribution in [-0.4, -0.2) is 23.1 Å². The topological polar surface area (TPSA) is 72.8 Å². The molecule has 80 valence electrons. The fourth-order valence-electron chi connectivity index (χ4n) is 0.674. The van der Waals surface area contributed by atoms with E-state index in [0.717, 1.165) is 0 Å². The Morgan fingerprint density at radius 2 is 1.86 bits per heavy atom. The van der Waals surface area contributed by atoms with Crippen LogP contribution in [0.25, 0.3) is 0 Å². The fourth-order valence-corrected chi connectivity index (χ4v) is 0.674. The molecule has 0 aliphatic rings.